The van der Waals surface area contributed by atoms with Gasteiger partial charge in [-0.2, -0.15) is 0 Å². The highest BCUT2D eigenvalue weighted by molar-refractivity contribution is 7.22. The Labute approximate surface area is 99.6 Å². The van der Waals surface area contributed by atoms with E-state index in [2.05, 4.69) is 9.72 Å². The second kappa shape index (κ2) is 3.96. The van der Waals surface area contributed by atoms with Crippen LogP contribution in [0.2, 0.25) is 9.49 Å². The number of benzene rings is 1. The average molecular weight is 262 g/mol. The van der Waals surface area contributed by atoms with E-state index in [1.54, 1.807) is 6.07 Å². The Morgan fingerprint density at radius 2 is 2.20 bits per heavy atom. The maximum atomic E-state index is 11.3. The second-order valence-corrected chi connectivity index (χ2v) is 4.78. The van der Waals surface area contributed by atoms with E-state index < -0.39 is 5.97 Å². The molecule has 3 nitrogen and oxygen atoms in total. The summed E-state index contributed by atoms with van der Waals surface area (Å²) >= 11 is 13.0. The van der Waals surface area contributed by atoms with Crippen molar-refractivity contribution in [3.05, 3.63) is 27.2 Å². The molecule has 1 aromatic heterocycles. The molecule has 0 unspecified atom stereocenters. The number of methoxy groups -OCH3 is 1. The van der Waals surface area contributed by atoms with Crippen molar-refractivity contribution in [2.24, 2.45) is 0 Å². The molecule has 0 N–H and O–H groups in total. The third kappa shape index (κ3) is 1.93. The van der Waals surface area contributed by atoms with Gasteiger partial charge in [-0.15, -0.1) is 11.3 Å². The van der Waals surface area contributed by atoms with E-state index in [0.717, 1.165) is 4.70 Å². The molecule has 0 saturated carbocycles. The molecule has 15 heavy (non-hydrogen) atoms. The molecule has 6 heteroatoms. The lowest BCUT2D eigenvalue weighted by atomic mass is 10.2. The lowest BCUT2D eigenvalue weighted by Gasteiger charge is -1.99. The summed E-state index contributed by atoms with van der Waals surface area (Å²) in [6, 6.07) is 3.18. The first kappa shape index (κ1) is 10.7. The molecule has 0 radical (unpaired) electrons. The molecule has 0 bridgehead atoms. The summed E-state index contributed by atoms with van der Waals surface area (Å²) in [5.41, 5.74) is 1.01. The Kier molecular flexibility index (Phi) is 2.82. The molecule has 0 aliphatic rings. The SMILES string of the molecule is COC(=O)c1cc(Cl)c2nc(Cl)sc2c1. The molecule has 1 aromatic carbocycles. The summed E-state index contributed by atoms with van der Waals surface area (Å²) in [4.78, 5) is 15.3. The zero-order valence-electron chi connectivity index (χ0n) is 7.58. The topological polar surface area (TPSA) is 39.2 Å². The minimum Gasteiger partial charge on any atom is -0.465 e. The number of nitrogens with zero attached hydrogens (tertiary/aromatic N) is 1. The molecule has 0 atom stereocenters. The Hall–Kier alpha value is -0.840. The van der Waals surface area contributed by atoms with E-state index in [1.807, 2.05) is 0 Å². The monoisotopic (exact) mass is 261 g/mol. The van der Waals surface area contributed by atoms with Gasteiger partial charge in [-0.3, -0.25) is 0 Å². The maximum Gasteiger partial charge on any atom is 0.337 e. The van der Waals surface area contributed by atoms with Crippen molar-refractivity contribution >= 4 is 50.7 Å². The summed E-state index contributed by atoms with van der Waals surface area (Å²) in [5.74, 6) is -0.427. The number of thiazole rings is 1. The number of rotatable bonds is 1. The van der Waals surface area contributed by atoms with E-state index in [-0.39, 0.29) is 0 Å². The third-order valence-electron chi connectivity index (χ3n) is 1.84. The molecular formula is C9H5Cl2NO2S. The van der Waals surface area contributed by atoms with Gasteiger partial charge in [0.2, 0.25) is 0 Å². The molecule has 0 amide bonds. The van der Waals surface area contributed by atoms with Crippen molar-refractivity contribution in [1.82, 2.24) is 4.98 Å². The van der Waals surface area contributed by atoms with Crippen LogP contribution in [0, 0.1) is 0 Å². The number of hydrogen-bond donors (Lipinski definition) is 0. The number of aromatic nitrogens is 1. The average Bonchev–Trinajstić information content (AvgIpc) is 2.58. The molecule has 78 valence electrons. The van der Waals surface area contributed by atoms with Crippen molar-refractivity contribution < 1.29 is 9.53 Å². The van der Waals surface area contributed by atoms with Gasteiger partial charge < -0.3 is 4.74 Å². The first-order valence-electron chi connectivity index (χ1n) is 3.95. The standard InChI is InChI=1S/C9H5Cl2NO2S/c1-14-8(13)4-2-5(10)7-6(3-4)15-9(11)12-7/h2-3H,1H3. The van der Waals surface area contributed by atoms with Gasteiger partial charge in [0.1, 0.15) is 5.52 Å². The van der Waals surface area contributed by atoms with Crippen molar-refractivity contribution in [2.75, 3.05) is 7.11 Å². The second-order valence-electron chi connectivity index (χ2n) is 2.76. The third-order valence-corrected chi connectivity index (χ3v) is 3.24. The van der Waals surface area contributed by atoms with Crippen molar-refractivity contribution in [3.8, 4) is 0 Å². The van der Waals surface area contributed by atoms with Crippen molar-refractivity contribution in [3.63, 3.8) is 0 Å². The Morgan fingerprint density at radius 1 is 1.47 bits per heavy atom. The van der Waals surface area contributed by atoms with Crippen LogP contribution >= 0.6 is 34.5 Å². The molecule has 0 aliphatic carbocycles. The first-order chi connectivity index (χ1) is 7.11. The number of hydrogen-bond acceptors (Lipinski definition) is 4. The van der Waals surface area contributed by atoms with Crippen LogP contribution in [-0.4, -0.2) is 18.1 Å². The molecular weight excluding hydrogens is 257 g/mol. The van der Waals surface area contributed by atoms with E-state index >= 15 is 0 Å². The molecule has 0 fully saturated rings. The van der Waals surface area contributed by atoms with Crippen LogP contribution < -0.4 is 0 Å². The van der Waals surface area contributed by atoms with Crippen LogP contribution in [0.25, 0.3) is 10.2 Å². The minimum atomic E-state index is -0.427. The number of halogens is 2. The number of esters is 1. The summed E-state index contributed by atoms with van der Waals surface area (Å²) in [7, 11) is 1.32. The lowest BCUT2D eigenvalue weighted by Crippen LogP contribution is -2.00. The van der Waals surface area contributed by atoms with Gasteiger partial charge in [0.05, 0.1) is 22.4 Å². The minimum absolute atomic E-state index is 0.397. The van der Waals surface area contributed by atoms with Gasteiger partial charge in [-0.25, -0.2) is 9.78 Å². The summed E-state index contributed by atoms with van der Waals surface area (Å²) in [6.45, 7) is 0. The zero-order valence-corrected chi connectivity index (χ0v) is 9.91. The van der Waals surface area contributed by atoms with Gasteiger partial charge in [-0.05, 0) is 12.1 Å². The van der Waals surface area contributed by atoms with Crippen LogP contribution in [0.3, 0.4) is 0 Å². The highest BCUT2D eigenvalue weighted by Crippen LogP contribution is 2.31. The fraction of sp³-hybridized carbons (Fsp3) is 0.111. The molecule has 2 rings (SSSR count). The smallest absolute Gasteiger partial charge is 0.337 e. The predicted octanol–water partition coefficient (Wildman–Crippen LogP) is 3.39. The van der Waals surface area contributed by atoms with Crippen LogP contribution in [0.1, 0.15) is 10.4 Å². The van der Waals surface area contributed by atoms with E-state index in [0.29, 0.717) is 20.6 Å². The summed E-state index contributed by atoms with van der Waals surface area (Å²) in [5, 5.41) is 0.399. The fourth-order valence-corrected chi connectivity index (χ4v) is 2.61. The molecule has 0 aliphatic heterocycles. The van der Waals surface area contributed by atoms with E-state index in [4.69, 9.17) is 23.2 Å². The Balaban J connectivity index is 2.66. The largest absolute Gasteiger partial charge is 0.465 e. The lowest BCUT2D eigenvalue weighted by molar-refractivity contribution is 0.0601. The number of ether oxygens (including phenoxy) is 1. The van der Waals surface area contributed by atoms with Crippen LogP contribution in [0.5, 0.6) is 0 Å². The zero-order chi connectivity index (χ0) is 11.0. The molecule has 1 heterocycles. The van der Waals surface area contributed by atoms with Crippen LogP contribution in [0.15, 0.2) is 12.1 Å². The fourth-order valence-electron chi connectivity index (χ4n) is 1.20. The van der Waals surface area contributed by atoms with E-state index in [9.17, 15) is 4.79 Å². The normalized spacial score (nSPS) is 10.6. The van der Waals surface area contributed by atoms with Gasteiger partial charge >= 0.3 is 5.97 Å². The Morgan fingerprint density at radius 3 is 2.87 bits per heavy atom. The molecule has 2 aromatic rings. The van der Waals surface area contributed by atoms with Crippen molar-refractivity contribution in [1.29, 1.82) is 0 Å². The quantitative estimate of drug-likeness (QED) is 0.739. The Bertz CT molecular complexity index is 538. The van der Waals surface area contributed by atoms with Crippen molar-refractivity contribution in [2.45, 2.75) is 0 Å². The summed E-state index contributed by atoms with van der Waals surface area (Å²) < 4.78 is 5.77. The maximum absolute atomic E-state index is 11.3. The molecule has 0 saturated heterocycles. The highest BCUT2D eigenvalue weighted by Gasteiger charge is 2.12. The van der Waals surface area contributed by atoms with Crippen LogP contribution in [-0.2, 0) is 4.74 Å². The highest BCUT2D eigenvalue weighted by atomic mass is 35.5. The first-order valence-corrected chi connectivity index (χ1v) is 5.53. The van der Waals surface area contributed by atoms with E-state index in [1.165, 1.54) is 24.5 Å². The van der Waals surface area contributed by atoms with Gasteiger partial charge in [0.15, 0.2) is 4.47 Å². The predicted molar refractivity (Wildman–Crippen MR) is 61.0 cm³/mol. The number of carbonyl (C=O) groups is 1. The summed E-state index contributed by atoms with van der Waals surface area (Å²) in [6.07, 6.45) is 0. The number of fused-ring (bicyclic) bond motifs is 1. The van der Waals surface area contributed by atoms with Gasteiger partial charge in [0, 0.05) is 0 Å². The molecule has 0 spiro atoms. The van der Waals surface area contributed by atoms with Gasteiger partial charge in [0.25, 0.3) is 0 Å². The van der Waals surface area contributed by atoms with Gasteiger partial charge in [-0.1, -0.05) is 23.2 Å². The number of carbonyl (C=O) groups excluding carboxylic acids is 1. The van der Waals surface area contributed by atoms with Crippen LogP contribution in [0.4, 0.5) is 0 Å².